The van der Waals surface area contributed by atoms with E-state index < -0.39 is 11.5 Å². The van der Waals surface area contributed by atoms with Crippen LogP contribution in [0.3, 0.4) is 0 Å². The Bertz CT molecular complexity index is 427. The third kappa shape index (κ3) is 1.84. The van der Waals surface area contributed by atoms with E-state index >= 15 is 0 Å². The molecule has 0 fully saturated rings. The molecule has 0 aliphatic heterocycles. The fourth-order valence-corrected chi connectivity index (χ4v) is 2.72. The number of hydrogen-bond acceptors (Lipinski definition) is 3. The molecular weight excluding hydrogens is 216 g/mol. The van der Waals surface area contributed by atoms with Crippen LogP contribution in [0.2, 0.25) is 0 Å². The quantitative estimate of drug-likeness (QED) is 0.814. The molecule has 92 valence electrons. The minimum atomic E-state index is -0.902. The van der Waals surface area contributed by atoms with Gasteiger partial charge in [0.05, 0.1) is 18.6 Å². The van der Waals surface area contributed by atoms with Gasteiger partial charge in [-0.2, -0.15) is 0 Å². The third-order valence-electron chi connectivity index (χ3n) is 3.86. The molecule has 0 heterocycles. The molecule has 0 radical (unpaired) electrons. The maximum absolute atomic E-state index is 11.3. The molecule has 1 aliphatic carbocycles. The lowest BCUT2D eigenvalue weighted by molar-refractivity contribution is -0.116. The van der Waals surface area contributed by atoms with Crippen molar-refractivity contribution in [2.45, 2.75) is 37.7 Å². The van der Waals surface area contributed by atoms with E-state index in [2.05, 4.69) is 0 Å². The van der Waals surface area contributed by atoms with Gasteiger partial charge in [-0.15, -0.1) is 0 Å². The molecule has 2 unspecified atom stereocenters. The maximum atomic E-state index is 11.3. The molecule has 17 heavy (non-hydrogen) atoms. The Hall–Kier alpha value is -1.35. The summed E-state index contributed by atoms with van der Waals surface area (Å²) in [7, 11) is 1.63. The SMILES string of the molecule is CCC1(O)CCc2c(OC)cccc2C1C=O. The largest absolute Gasteiger partial charge is 0.496 e. The highest BCUT2D eigenvalue weighted by molar-refractivity contribution is 5.68. The van der Waals surface area contributed by atoms with Crippen molar-refractivity contribution >= 4 is 6.29 Å². The van der Waals surface area contributed by atoms with Crippen LogP contribution in [0, 0.1) is 0 Å². The number of hydrogen-bond donors (Lipinski definition) is 1. The number of ether oxygens (including phenoxy) is 1. The smallest absolute Gasteiger partial charge is 0.130 e. The zero-order valence-electron chi connectivity index (χ0n) is 10.3. The molecule has 2 rings (SSSR count). The number of carbonyl (C=O) groups excluding carboxylic acids is 1. The van der Waals surface area contributed by atoms with Gasteiger partial charge in [-0.05, 0) is 36.5 Å². The van der Waals surface area contributed by atoms with E-state index in [1.54, 1.807) is 7.11 Å². The van der Waals surface area contributed by atoms with Gasteiger partial charge in [0.25, 0.3) is 0 Å². The average Bonchev–Trinajstić information content (AvgIpc) is 2.37. The first-order valence-electron chi connectivity index (χ1n) is 5.99. The molecule has 0 amide bonds. The van der Waals surface area contributed by atoms with Crippen LogP contribution in [-0.2, 0) is 11.2 Å². The molecule has 1 N–H and O–H groups in total. The number of methoxy groups -OCH3 is 1. The molecular formula is C14H18O3. The monoisotopic (exact) mass is 234 g/mol. The Balaban J connectivity index is 2.53. The van der Waals surface area contributed by atoms with Crippen LogP contribution in [0.4, 0.5) is 0 Å². The van der Waals surface area contributed by atoms with Gasteiger partial charge in [0.15, 0.2) is 0 Å². The first-order valence-corrected chi connectivity index (χ1v) is 5.99. The summed E-state index contributed by atoms with van der Waals surface area (Å²) >= 11 is 0. The Kier molecular flexibility index (Phi) is 3.20. The lowest BCUT2D eigenvalue weighted by Gasteiger charge is -2.38. The van der Waals surface area contributed by atoms with Crippen LogP contribution >= 0.6 is 0 Å². The van der Waals surface area contributed by atoms with Crippen molar-refractivity contribution in [3.05, 3.63) is 29.3 Å². The molecule has 0 aromatic heterocycles. The number of fused-ring (bicyclic) bond motifs is 1. The van der Waals surface area contributed by atoms with Gasteiger partial charge in [0, 0.05) is 0 Å². The molecule has 0 saturated carbocycles. The molecule has 0 saturated heterocycles. The molecule has 1 aliphatic rings. The highest BCUT2D eigenvalue weighted by atomic mass is 16.5. The fourth-order valence-electron chi connectivity index (χ4n) is 2.72. The van der Waals surface area contributed by atoms with Crippen molar-refractivity contribution < 1.29 is 14.6 Å². The number of benzene rings is 1. The summed E-state index contributed by atoms with van der Waals surface area (Å²) in [6, 6.07) is 5.68. The van der Waals surface area contributed by atoms with E-state index in [1.165, 1.54) is 0 Å². The summed E-state index contributed by atoms with van der Waals surface area (Å²) in [5.74, 6) is 0.374. The number of aliphatic hydroxyl groups is 1. The fraction of sp³-hybridized carbons (Fsp3) is 0.500. The highest BCUT2D eigenvalue weighted by Gasteiger charge is 2.41. The predicted molar refractivity (Wildman–Crippen MR) is 65.4 cm³/mol. The topological polar surface area (TPSA) is 46.5 Å². The van der Waals surface area contributed by atoms with Crippen LogP contribution in [0.15, 0.2) is 18.2 Å². The summed E-state index contributed by atoms with van der Waals surface area (Å²) < 4.78 is 5.31. The minimum Gasteiger partial charge on any atom is -0.496 e. The Morgan fingerprint density at radius 3 is 2.94 bits per heavy atom. The summed E-state index contributed by atoms with van der Waals surface area (Å²) in [5, 5.41) is 10.5. The summed E-state index contributed by atoms with van der Waals surface area (Å²) in [6.45, 7) is 1.92. The van der Waals surface area contributed by atoms with Crippen molar-refractivity contribution in [1.82, 2.24) is 0 Å². The van der Waals surface area contributed by atoms with Gasteiger partial charge >= 0.3 is 0 Å². The molecule has 2 atom stereocenters. The molecule has 0 bridgehead atoms. The zero-order valence-corrected chi connectivity index (χ0v) is 10.3. The van der Waals surface area contributed by atoms with Gasteiger partial charge in [-0.1, -0.05) is 19.1 Å². The summed E-state index contributed by atoms with van der Waals surface area (Å²) in [5.41, 5.74) is 1.07. The van der Waals surface area contributed by atoms with Crippen LogP contribution < -0.4 is 4.74 Å². The van der Waals surface area contributed by atoms with E-state index in [1.807, 2.05) is 25.1 Å². The number of carbonyl (C=O) groups is 1. The minimum absolute atomic E-state index is 0.439. The van der Waals surface area contributed by atoms with Gasteiger partial charge in [0.2, 0.25) is 0 Å². The molecule has 1 aromatic rings. The van der Waals surface area contributed by atoms with Crippen LogP contribution in [-0.4, -0.2) is 24.1 Å². The first-order chi connectivity index (χ1) is 8.16. The van der Waals surface area contributed by atoms with Crippen molar-refractivity contribution in [2.24, 2.45) is 0 Å². The third-order valence-corrected chi connectivity index (χ3v) is 3.86. The molecule has 0 spiro atoms. The molecule has 3 heteroatoms. The Morgan fingerprint density at radius 1 is 1.59 bits per heavy atom. The van der Waals surface area contributed by atoms with E-state index in [0.717, 1.165) is 29.6 Å². The van der Waals surface area contributed by atoms with Gasteiger partial charge < -0.3 is 14.6 Å². The summed E-state index contributed by atoms with van der Waals surface area (Å²) in [6.07, 6.45) is 2.82. The Morgan fingerprint density at radius 2 is 2.35 bits per heavy atom. The molecule has 1 aromatic carbocycles. The Labute approximate surface area is 101 Å². The van der Waals surface area contributed by atoms with Crippen LogP contribution in [0.5, 0.6) is 5.75 Å². The average molecular weight is 234 g/mol. The van der Waals surface area contributed by atoms with Crippen LogP contribution in [0.1, 0.15) is 36.8 Å². The normalized spacial score (nSPS) is 27.4. The maximum Gasteiger partial charge on any atom is 0.130 e. The van der Waals surface area contributed by atoms with Gasteiger partial charge in [-0.3, -0.25) is 0 Å². The van der Waals surface area contributed by atoms with Crippen molar-refractivity contribution in [3.8, 4) is 5.75 Å². The van der Waals surface area contributed by atoms with E-state index in [4.69, 9.17) is 4.74 Å². The highest BCUT2D eigenvalue weighted by Crippen LogP contribution is 2.42. The first kappa shape index (κ1) is 12.1. The summed E-state index contributed by atoms with van der Waals surface area (Å²) in [4.78, 5) is 11.3. The second-order valence-electron chi connectivity index (χ2n) is 4.60. The lowest BCUT2D eigenvalue weighted by Crippen LogP contribution is -2.40. The van der Waals surface area contributed by atoms with Crippen molar-refractivity contribution in [3.63, 3.8) is 0 Å². The van der Waals surface area contributed by atoms with Crippen LogP contribution in [0.25, 0.3) is 0 Å². The standard InChI is InChI=1S/C14H18O3/c1-3-14(16)8-7-11-10(12(14)9-15)5-4-6-13(11)17-2/h4-6,9,12,16H,3,7-8H2,1-2H3. The van der Waals surface area contributed by atoms with Crippen molar-refractivity contribution in [1.29, 1.82) is 0 Å². The van der Waals surface area contributed by atoms with E-state index in [0.29, 0.717) is 12.8 Å². The lowest BCUT2D eigenvalue weighted by atomic mass is 9.71. The van der Waals surface area contributed by atoms with Gasteiger partial charge in [-0.25, -0.2) is 0 Å². The van der Waals surface area contributed by atoms with Crippen molar-refractivity contribution in [2.75, 3.05) is 7.11 Å². The predicted octanol–water partition coefficient (Wildman–Crippen LogP) is 2.06. The van der Waals surface area contributed by atoms with E-state index in [9.17, 15) is 9.90 Å². The molecule has 3 nitrogen and oxygen atoms in total. The zero-order chi connectivity index (χ0) is 12.5. The van der Waals surface area contributed by atoms with Gasteiger partial charge in [0.1, 0.15) is 12.0 Å². The second-order valence-corrected chi connectivity index (χ2v) is 4.60. The van der Waals surface area contributed by atoms with E-state index in [-0.39, 0.29) is 0 Å². The number of aldehydes is 1. The number of rotatable bonds is 3. The second kappa shape index (κ2) is 4.49.